The predicted molar refractivity (Wildman–Crippen MR) is 143 cm³/mol. The smallest absolute Gasteiger partial charge is 0.341 e. The molecule has 0 aliphatic carbocycles. The number of aliphatic carboxylic acids is 1. The Balaban J connectivity index is 1.71. The molecule has 0 saturated heterocycles. The van der Waals surface area contributed by atoms with Gasteiger partial charge in [0, 0.05) is 12.6 Å². The van der Waals surface area contributed by atoms with Gasteiger partial charge in [-0.15, -0.1) is 0 Å². The second-order valence-corrected chi connectivity index (χ2v) is 8.05. The van der Waals surface area contributed by atoms with Crippen LogP contribution >= 0.6 is 0 Å². The summed E-state index contributed by atoms with van der Waals surface area (Å²) in [7, 11) is 1.72. The monoisotopic (exact) mass is 478 g/mol. The number of benzene rings is 4. The molecule has 4 aromatic carbocycles. The average Bonchev–Trinajstić information content (AvgIpc) is 2.92. The van der Waals surface area contributed by atoms with Crippen molar-refractivity contribution in [1.82, 2.24) is 0 Å². The second-order valence-electron chi connectivity index (χ2n) is 8.05. The van der Waals surface area contributed by atoms with Gasteiger partial charge in [-0.1, -0.05) is 85.4 Å². The van der Waals surface area contributed by atoms with Crippen LogP contribution in [0.4, 0.5) is 16.2 Å². The molecule has 4 aromatic rings. The molecule has 6 nitrogen and oxygen atoms in total. The summed E-state index contributed by atoms with van der Waals surface area (Å²) >= 11 is 0. The molecular weight excluding hydrogens is 452 g/mol. The van der Waals surface area contributed by atoms with E-state index >= 15 is 0 Å². The lowest BCUT2D eigenvalue weighted by atomic mass is 10.0. The first-order chi connectivity index (χ1) is 17.5. The number of nitrogens with zero attached hydrogens (tertiary/aromatic N) is 2. The molecule has 6 heteroatoms. The highest BCUT2D eigenvalue weighted by Crippen LogP contribution is 2.34. The van der Waals surface area contributed by atoms with Crippen LogP contribution in [0.2, 0.25) is 0 Å². The van der Waals surface area contributed by atoms with E-state index in [-0.39, 0.29) is 6.03 Å². The van der Waals surface area contributed by atoms with Crippen LogP contribution in [0.25, 0.3) is 16.8 Å². The first-order valence-corrected chi connectivity index (χ1v) is 11.4. The van der Waals surface area contributed by atoms with Gasteiger partial charge in [-0.2, -0.15) is 0 Å². The number of anilines is 2. The molecule has 4 rings (SSSR count). The fourth-order valence-corrected chi connectivity index (χ4v) is 3.88. The molecule has 0 atom stereocenters. The maximum absolute atomic E-state index is 14.0. The number of hydrogen-bond donors (Lipinski definition) is 1. The normalized spacial score (nSPS) is 10.4. The zero-order valence-corrected chi connectivity index (χ0v) is 19.9. The van der Waals surface area contributed by atoms with E-state index in [2.05, 4.69) is 6.58 Å². The molecule has 0 saturated carbocycles. The number of carbonyl (C=O) groups is 2. The lowest BCUT2D eigenvalue weighted by molar-refractivity contribution is -0.139. The van der Waals surface area contributed by atoms with Crippen LogP contribution in [0.3, 0.4) is 0 Å². The van der Waals surface area contributed by atoms with Gasteiger partial charge >= 0.3 is 12.0 Å². The highest BCUT2D eigenvalue weighted by molar-refractivity contribution is 6.13. The number of ether oxygens (including phenoxy) is 1. The first-order valence-electron chi connectivity index (χ1n) is 11.4. The summed E-state index contributed by atoms with van der Waals surface area (Å²) in [6.07, 6.45) is 0. The van der Waals surface area contributed by atoms with Crippen molar-refractivity contribution in [3.8, 4) is 16.9 Å². The number of para-hydroxylation sites is 2. The molecule has 1 N–H and O–H groups in total. The quantitative estimate of drug-likeness (QED) is 0.312. The largest absolute Gasteiger partial charge is 0.482 e. The Labute approximate surface area is 210 Å². The number of carbonyl (C=O) groups excluding carboxylic acids is 1. The summed E-state index contributed by atoms with van der Waals surface area (Å²) < 4.78 is 5.35. The Kier molecular flexibility index (Phi) is 7.46. The van der Waals surface area contributed by atoms with Gasteiger partial charge in [0.25, 0.3) is 0 Å². The molecule has 36 heavy (non-hydrogen) atoms. The van der Waals surface area contributed by atoms with Crippen molar-refractivity contribution in [2.24, 2.45) is 0 Å². The molecule has 2 amide bonds. The van der Waals surface area contributed by atoms with Crippen LogP contribution in [-0.4, -0.2) is 30.8 Å². The van der Waals surface area contributed by atoms with Crippen molar-refractivity contribution < 1.29 is 19.4 Å². The van der Waals surface area contributed by atoms with Gasteiger partial charge in [0.2, 0.25) is 0 Å². The summed E-state index contributed by atoms with van der Waals surface area (Å²) in [4.78, 5) is 28.1. The van der Waals surface area contributed by atoms with Crippen molar-refractivity contribution in [2.75, 3.05) is 23.5 Å². The van der Waals surface area contributed by atoms with Crippen LogP contribution in [0.15, 0.2) is 116 Å². The lowest BCUT2D eigenvalue weighted by Crippen LogP contribution is -2.40. The van der Waals surface area contributed by atoms with Crippen molar-refractivity contribution >= 4 is 29.1 Å². The Morgan fingerprint density at radius 1 is 0.833 bits per heavy atom. The maximum Gasteiger partial charge on any atom is 0.341 e. The van der Waals surface area contributed by atoms with Crippen molar-refractivity contribution in [2.45, 2.75) is 0 Å². The summed E-state index contributed by atoms with van der Waals surface area (Å²) in [5, 5.41) is 8.93. The Hall–Kier alpha value is -4.84. The van der Waals surface area contributed by atoms with Crippen molar-refractivity contribution in [1.29, 1.82) is 0 Å². The zero-order valence-electron chi connectivity index (χ0n) is 19.9. The molecule has 0 unspecified atom stereocenters. The van der Waals surface area contributed by atoms with E-state index in [1.54, 1.807) is 35.0 Å². The van der Waals surface area contributed by atoms with Crippen LogP contribution in [-0.2, 0) is 4.79 Å². The van der Waals surface area contributed by atoms with Gasteiger partial charge in [-0.05, 0) is 41.5 Å². The summed E-state index contributed by atoms with van der Waals surface area (Å²) in [5.41, 5.74) is 4.36. The van der Waals surface area contributed by atoms with E-state index in [9.17, 15) is 9.59 Å². The summed E-state index contributed by atoms with van der Waals surface area (Å²) in [6.45, 7) is 3.81. The van der Waals surface area contributed by atoms with E-state index < -0.39 is 12.6 Å². The number of carboxylic acid groups (broad SMARTS) is 1. The Bertz CT molecular complexity index is 1370. The standard InChI is InChI=1S/C30H26N2O4/c1-22(23-12-5-3-6-13-23)32(25-15-7-4-8-16-25)30(35)31(2)28-19-10-9-18-27(28)24-14-11-17-26(20-24)36-21-29(33)34/h3-20H,1,21H2,2H3,(H,33,34). The molecule has 0 aliphatic rings. The molecule has 180 valence electrons. The van der Waals surface area contributed by atoms with E-state index in [4.69, 9.17) is 9.84 Å². The number of carboxylic acids is 1. The van der Waals surface area contributed by atoms with Gasteiger partial charge in [0.05, 0.1) is 17.1 Å². The lowest BCUT2D eigenvalue weighted by Gasteiger charge is -2.31. The third kappa shape index (κ3) is 5.45. The highest BCUT2D eigenvalue weighted by Gasteiger charge is 2.25. The SMILES string of the molecule is C=C(c1ccccc1)N(C(=O)N(C)c1ccccc1-c1cccc(OCC(=O)O)c1)c1ccccc1. The third-order valence-electron chi connectivity index (χ3n) is 5.64. The van der Waals surface area contributed by atoms with Gasteiger partial charge < -0.3 is 9.84 Å². The minimum Gasteiger partial charge on any atom is -0.482 e. The molecule has 0 spiro atoms. The third-order valence-corrected chi connectivity index (χ3v) is 5.64. The topological polar surface area (TPSA) is 70.1 Å². The molecular formula is C30H26N2O4. The van der Waals surface area contributed by atoms with E-state index in [0.29, 0.717) is 22.8 Å². The minimum absolute atomic E-state index is 0.277. The van der Waals surface area contributed by atoms with E-state index in [1.165, 1.54) is 0 Å². The van der Waals surface area contributed by atoms with Gasteiger partial charge in [0.15, 0.2) is 6.61 Å². The molecule has 0 aliphatic heterocycles. The summed E-state index contributed by atoms with van der Waals surface area (Å²) in [5.74, 6) is -0.618. The number of urea groups is 1. The van der Waals surface area contributed by atoms with Crippen LogP contribution < -0.4 is 14.5 Å². The van der Waals surface area contributed by atoms with Crippen LogP contribution in [0, 0.1) is 0 Å². The van der Waals surface area contributed by atoms with E-state index in [0.717, 1.165) is 16.7 Å². The molecule has 0 radical (unpaired) electrons. The second kappa shape index (κ2) is 11.1. The number of amides is 2. The highest BCUT2D eigenvalue weighted by atomic mass is 16.5. The zero-order chi connectivity index (χ0) is 25.5. The van der Waals surface area contributed by atoms with E-state index in [1.807, 2.05) is 91.0 Å². The molecule has 0 aromatic heterocycles. The number of hydrogen-bond acceptors (Lipinski definition) is 3. The maximum atomic E-state index is 14.0. The predicted octanol–water partition coefficient (Wildman–Crippen LogP) is 6.55. The van der Waals surface area contributed by atoms with Gasteiger partial charge in [-0.25, -0.2) is 9.59 Å². The Morgan fingerprint density at radius 3 is 2.17 bits per heavy atom. The molecule has 0 bridgehead atoms. The van der Waals surface area contributed by atoms with Crippen LogP contribution in [0.1, 0.15) is 5.56 Å². The summed E-state index contributed by atoms with van der Waals surface area (Å²) in [6, 6.07) is 33.4. The van der Waals surface area contributed by atoms with Crippen molar-refractivity contribution in [3.05, 3.63) is 121 Å². The Morgan fingerprint density at radius 2 is 1.47 bits per heavy atom. The van der Waals surface area contributed by atoms with Gasteiger partial charge in [-0.3, -0.25) is 9.80 Å². The number of rotatable bonds is 8. The molecule has 0 fully saturated rings. The average molecular weight is 479 g/mol. The van der Waals surface area contributed by atoms with Crippen LogP contribution in [0.5, 0.6) is 5.75 Å². The minimum atomic E-state index is -1.05. The van der Waals surface area contributed by atoms with Crippen molar-refractivity contribution in [3.63, 3.8) is 0 Å². The fourth-order valence-electron chi connectivity index (χ4n) is 3.88. The first kappa shape index (κ1) is 24.3. The fraction of sp³-hybridized carbons (Fsp3) is 0.0667. The molecule has 0 heterocycles. The van der Waals surface area contributed by atoms with Gasteiger partial charge in [0.1, 0.15) is 5.75 Å².